The van der Waals surface area contributed by atoms with E-state index in [0.717, 1.165) is 12.1 Å². The number of methoxy groups -OCH3 is 1. The molecule has 0 atom stereocenters. The summed E-state index contributed by atoms with van der Waals surface area (Å²) < 4.78 is 10.5. The van der Waals surface area contributed by atoms with Crippen LogP contribution in [0.1, 0.15) is 37.6 Å². The summed E-state index contributed by atoms with van der Waals surface area (Å²) in [7, 11) is 3.41. The van der Waals surface area contributed by atoms with Crippen LogP contribution in [0.3, 0.4) is 0 Å². The van der Waals surface area contributed by atoms with E-state index in [1.807, 2.05) is 32.9 Å². The molecule has 162 valence electrons. The molecule has 29 heavy (non-hydrogen) atoms. The summed E-state index contributed by atoms with van der Waals surface area (Å²) in [6, 6.07) is 5.50. The van der Waals surface area contributed by atoms with Gasteiger partial charge in [-0.1, -0.05) is 11.6 Å². The lowest BCUT2D eigenvalue weighted by molar-refractivity contribution is 0.0240. The van der Waals surface area contributed by atoms with Crippen molar-refractivity contribution < 1.29 is 19.1 Å². The van der Waals surface area contributed by atoms with Gasteiger partial charge in [0.05, 0.1) is 10.6 Å². The molecule has 0 radical (unpaired) electrons. The van der Waals surface area contributed by atoms with Crippen molar-refractivity contribution in [3.05, 3.63) is 28.8 Å². The van der Waals surface area contributed by atoms with Crippen molar-refractivity contribution in [3.8, 4) is 0 Å². The second-order valence-corrected chi connectivity index (χ2v) is 8.60. The molecule has 1 aromatic rings. The Morgan fingerprint density at radius 2 is 1.83 bits per heavy atom. The Bertz CT molecular complexity index is 712. The first-order valence-electron chi connectivity index (χ1n) is 9.89. The molecule has 1 fully saturated rings. The summed E-state index contributed by atoms with van der Waals surface area (Å²) in [5, 5.41) is 0.431. The van der Waals surface area contributed by atoms with Crippen LogP contribution in [-0.2, 0) is 9.47 Å². The number of hydrogen-bond donors (Lipinski definition) is 0. The van der Waals surface area contributed by atoms with Crippen molar-refractivity contribution in [2.24, 2.45) is 0 Å². The molecule has 1 saturated heterocycles. The zero-order valence-corrected chi connectivity index (χ0v) is 18.8. The van der Waals surface area contributed by atoms with Crippen LogP contribution in [0.15, 0.2) is 18.2 Å². The van der Waals surface area contributed by atoms with Crippen molar-refractivity contribution in [1.29, 1.82) is 0 Å². The van der Waals surface area contributed by atoms with Crippen LogP contribution in [0.25, 0.3) is 0 Å². The standard InChI is InChI=1S/C21H32ClN3O4/c1-21(2,3)29-20(27)25-12-10-24(11-13-25)16-7-8-17(18(22)15-16)19(26)23(4)9-6-14-28-5/h7-8,15H,6,9-14H2,1-5H3. The van der Waals surface area contributed by atoms with Crippen LogP contribution in [0.4, 0.5) is 10.5 Å². The van der Waals surface area contributed by atoms with Crippen molar-refractivity contribution >= 4 is 29.3 Å². The summed E-state index contributed by atoms with van der Waals surface area (Å²) in [6.45, 7) is 9.32. The molecule has 0 unspecified atom stereocenters. The second-order valence-electron chi connectivity index (χ2n) is 8.19. The van der Waals surface area contributed by atoms with E-state index in [-0.39, 0.29) is 12.0 Å². The molecule has 0 aromatic heterocycles. The topological polar surface area (TPSA) is 62.3 Å². The Labute approximate surface area is 178 Å². The third-order valence-corrected chi connectivity index (χ3v) is 4.98. The van der Waals surface area contributed by atoms with Crippen molar-refractivity contribution in [3.63, 3.8) is 0 Å². The van der Waals surface area contributed by atoms with Gasteiger partial charge in [-0.05, 0) is 45.4 Å². The first kappa shape index (κ1) is 23.3. The Morgan fingerprint density at radius 1 is 1.17 bits per heavy atom. The highest BCUT2D eigenvalue weighted by atomic mass is 35.5. The molecule has 0 spiro atoms. The van der Waals surface area contributed by atoms with E-state index >= 15 is 0 Å². The smallest absolute Gasteiger partial charge is 0.410 e. The van der Waals surface area contributed by atoms with Crippen LogP contribution in [0.5, 0.6) is 0 Å². The third-order valence-electron chi connectivity index (χ3n) is 4.67. The molecule has 0 bridgehead atoms. The van der Waals surface area contributed by atoms with Gasteiger partial charge in [0.2, 0.25) is 0 Å². The molecule has 1 aliphatic rings. The summed E-state index contributed by atoms with van der Waals surface area (Å²) in [5.74, 6) is -0.104. The molecule has 8 heteroatoms. The average Bonchev–Trinajstić information content (AvgIpc) is 2.66. The maximum atomic E-state index is 12.6. The number of benzene rings is 1. The molecule has 0 N–H and O–H groups in total. The van der Waals surface area contributed by atoms with Gasteiger partial charge in [-0.2, -0.15) is 0 Å². The van der Waals surface area contributed by atoms with Gasteiger partial charge >= 0.3 is 6.09 Å². The van der Waals surface area contributed by atoms with Crippen LogP contribution < -0.4 is 4.90 Å². The van der Waals surface area contributed by atoms with Crippen molar-refractivity contribution in [1.82, 2.24) is 9.80 Å². The van der Waals surface area contributed by atoms with Crippen LogP contribution in [0.2, 0.25) is 5.02 Å². The zero-order chi connectivity index (χ0) is 21.6. The number of piperazine rings is 1. The van der Waals surface area contributed by atoms with Crippen LogP contribution in [0, 0.1) is 0 Å². The highest BCUT2D eigenvalue weighted by Crippen LogP contribution is 2.26. The lowest BCUT2D eigenvalue weighted by Crippen LogP contribution is -2.50. The minimum Gasteiger partial charge on any atom is -0.444 e. The number of anilines is 1. The largest absolute Gasteiger partial charge is 0.444 e. The normalized spacial score (nSPS) is 14.7. The third kappa shape index (κ3) is 6.78. The highest BCUT2D eigenvalue weighted by molar-refractivity contribution is 6.34. The molecule has 7 nitrogen and oxygen atoms in total. The predicted molar refractivity (Wildman–Crippen MR) is 115 cm³/mol. The SMILES string of the molecule is COCCCN(C)C(=O)c1ccc(N2CCN(C(=O)OC(C)(C)C)CC2)cc1Cl. The fourth-order valence-corrected chi connectivity index (χ4v) is 3.36. The molecule has 2 rings (SSSR count). The molecule has 1 aliphatic heterocycles. The number of ether oxygens (including phenoxy) is 2. The average molecular weight is 426 g/mol. The van der Waals surface area contributed by atoms with Gasteiger partial charge in [0, 0.05) is 59.2 Å². The lowest BCUT2D eigenvalue weighted by Gasteiger charge is -2.36. The molecular formula is C21H32ClN3O4. The van der Waals surface area contributed by atoms with Gasteiger partial charge < -0.3 is 24.2 Å². The van der Waals surface area contributed by atoms with Gasteiger partial charge in [-0.25, -0.2) is 4.79 Å². The lowest BCUT2D eigenvalue weighted by atomic mass is 10.1. The Balaban J connectivity index is 1.95. The number of rotatable bonds is 6. The predicted octanol–water partition coefficient (Wildman–Crippen LogP) is 3.51. The summed E-state index contributed by atoms with van der Waals surface area (Å²) >= 11 is 6.42. The van der Waals surface area contributed by atoms with E-state index in [1.54, 1.807) is 30.0 Å². The first-order valence-corrected chi connectivity index (χ1v) is 10.3. The van der Waals surface area contributed by atoms with E-state index in [9.17, 15) is 9.59 Å². The van der Waals surface area contributed by atoms with Crippen molar-refractivity contribution in [2.45, 2.75) is 32.8 Å². The van der Waals surface area contributed by atoms with Gasteiger partial charge in [0.25, 0.3) is 5.91 Å². The van der Waals surface area contributed by atoms with E-state index in [0.29, 0.717) is 49.9 Å². The van der Waals surface area contributed by atoms with E-state index in [2.05, 4.69) is 4.90 Å². The van der Waals surface area contributed by atoms with Crippen LogP contribution in [-0.4, -0.2) is 80.9 Å². The molecule has 1 heterocycles. The Morgan fingerprint density at radius 3 is 2.38 bits per heavy atom. The monoisotopic (exact) mass is 425 g/mol. The maximum absolute atomic E-state index is 12.6. The van der Waals surface area contributed by atoms with Gasteiger partial charge in [0.15, 0.2) is 0 Å². The number of hydrogen-bond acceptors (Lipinski definition) is 5. The minimum absolute atomic E-state index is 0.104. The first-order chi connectivity index (χ1) is 13.6. The van der Waals surface area contributed by atoms with Crippen molar-refractivity contribution in [2.75, 3.05) is 58.4 Å². The summed E-state index contributed by atoms with van der Waals surface area (Å²) in [4.78, 5) is 30.3. The summed E-state index contributed by atoms with van der Waals surface area (Å²) in [6.07, 6.45) is 0.490. The molecule has 1 aromatic carbocycles. The number of amides is 2. The van der Waals surface area contributed by atoms with E-state index in [1.165, 1.54) is 0 Å². The molecule has 0 saturated carbocycles. The highest BCUT2D eigenvalue weighted by Gasteiger charge is 2.26. The Hall–Kier alpha value is -1.99. The Kier molecular flexibility index (Phi) is 8.16. The second kappa shape index (κ2) is 10.2. The fraction of sp³-hybridized carbons (Fsp3) is 0.619. The number of halogens is 1. The zero-order valence-electron chi connectivity index (χ0n) is 18.0. The molecular weight excluding hydrogens is 394 g/mol. The maximum Gasteiger partial charge on any atom is 0.410 e. The minimum atomic E-state index is -0.499. The summed E-state index contributed by atoms with van der Waals surface area (Å²) in [5.41, 5.74) is 0.932. The molecule has 0 aliphatic carbocycles. The van der Waals surface area contributed by atoms with E-state index in [4.69, 9.17) is 21.1 Å². The quantitative estimate of drug-likeness (QED) is 0.652. The fourth-order valence-electron chi connectivity index (χ4n) is 3.10. The number of carbonyl (C=O) groups is 2. The van der Waals surface area contributed by atoms with Gasteiger partial charge in [0.1, 0.15) is 5.60 Å². The number of carbonyl (C=O) groups excluding carboxylic acids is 2. The van der Waals surface area contributed by atoms with E-state index < -0.39 is 5.60 Å². The van der Waals surface area contributed by atoms with Crippen LogP contribution >= 0.6 is 11.6 Å². The van der Waals surface area contributed by atoms with Gasteiger partial charge in [-0.15, -0.1) is 0 Å². The molecule has 2 amide bonds. The number of nitrogens with zero attached hydrogens (tertiary/aromatic N) is 3. The van der Waals surface area contributed by atoms with Gasteiger partial charge in [-0.3, -0.25) is 4.79 Å².